The van der Waals surface area contributed by atoms with Crippen LogP contribution in [0, 0.1) is 10.1 Å². The fraction of sp³-hybridized carbons (Fsp3) is 0. The number of nitro groups is 1. The standard InChI is InChI=1S/C18H12N4O3S/c23-18(13-4-6-17-19-7-8-21(17)11-13)20-14-10-12(16-2-1-9-26-16)3-5-15(14)22(24)25/h1-11H,(H,20,23). The number of hydrogen-bond donors (Lipinski definition) is 1. The molecular formula is C18H12N4O3S. The molecule has 0 radical (unpaired) electrons. The van der Waals surface area contributed by atoms with Crippen LogP contribution in [0.15, 0.2) is 66.4 Å². The quantitative estimate of drug-likeness (QED) is 0.433. The van der Waals surface area contributed by atoms with Crippen molar-refractivity contribution in [3.8, 4) is 10.4 Å². The third-order valence-corrected chi connectivity index (χ3v) is 4.82. The topological polar surface area (TPSA) is 89.5 Å². The zero-order valence-electron chi connectivity index (χ0n) is 13.3. The third-order valence-electron chi connectivity index (χ3n) is 3.90. The highest BCUT2D eigenvalue weighted by Crippen LogP contribution is 2.32. The Morgan fingerprint density at radius 2 is 2.12 bits per heavy atom. The number of rotatable bonds is 4. The average molecular weight is 364 g/mol. The summed E-state index contributed by atoms with van der Waals surface area (Å²) >= 11 is 1.52. The Kier molecular flexibility index (Phi) is 3.94. The number of fused-ring (bicyclic) bond motifs is 1. The van der Waals surface area contributed by atoms with E-state index in [9.17, 15) is 14.9 Å². The molecule has 8 heteroatoms. The third kappa shape index (κ3) is 2.93. The summed E-state index contributed by atoms with van der Waals surface area (Å²) in [5, 5.41) is 15.9. The van der Waals surface area contributed by atoms with E-state index in [4.69, 9.17) is 0 Å². The van der Waals surface area contributed by atoms with E-state index in [1.807, 2.05) is 17.5 Å². The highest BCUT2D eigenvalue weighted by molar-refractivity contribution is 7.13. The van der Waals surface area contributed by atoms with Crippen molar-refractivity contribution >= 4 is 34.3 Å². The molecule has 0 spiro atoms. The molecule has 4 rings (SSSR count). The molecule has 0 saturated heterocycles. The van der Waals surface area contributed by atoms with Gasteiger partial charge in [-0.1, -0.05) is 6.07 Å². The van der Waals surface area contributed by atoms with Gasteiger partial charge < -0.3 is 9.72 Å². The lowest BCUT2D eigenvalue weighted by Crippen LogP contribution is -2.13. The van der Waals surface area contributed by atoms with Gasteiger partial charge in [-0.15, -0.1) is 11.3 Å². The van der Waals surface area contributed by atoms with Gasteiger partial charge in [0, 0.05) is 29.5 Å². The van der Waals surface area contributed by atoms with Crippen molar-refractivity contribution in [2.45, 2.75) is 0 Å². The number of hydrogen-bond acceptors (Lipinski definition) is 5. The summed E-state index contributed by atoms with van der Waals surface area (Å²) in [5.74, 6) is -0.424. The molecule has 1 aromatic carbocycles. The normalized spacial score (nSPS) is 10.8. The predicted octanol–water partition coefficient (Wildman–Crippen LogP) is 4.22. The summed E-state index contributed by atoms with van der Waals surface area (Å²) in [4.78, 5) is 28.5. The lowest BCUT2D eigenvalue weighted by molar-refractivity contribution is -0.383. The Hall–Kier alpha value is -3.52. The predicted molar refractivity (Wildman–Crippen MR) is 99.6 cm³/mol. The van der Waals surface area contributed by atoms with Crippen LogP contribution in [0.1, 0.15) is 10.4 Å². The van der Waals surface area contributed by atoms with Gasteiger partial charge >= 0.3 is 0 Å². The molecule has 1 amide bonds. The number of thiophene rings is 1. The van der Waals surface area contributed by atoms with E-state index < -0.39 is 10.8 Å². The maximum atomic E-state index is 12.6. The van der Waals surface area contributed by atoms with Gasteiger partial charge in [0.15, 0.2) is 0 Å². The van der Waals surface area contributed by atoms with Gasteiger partial charge in [-0.2, -0.15) is 0 Å². The van der Waals surface area contributed by atoms with Crippen LogP contribution in [0.25, 0.3) is 16.1 Å². The molecule has 0 unspecified atom stereocenters. The van der Waals surface area contributed by atoms with Gasteiger partial charge in [0.25, 0.3) is 11.6 Å². The molecule has 26 heavy (non-hydrogen) atoms. The largest absolute Gasteiger partial charge is 0.316 e. The first-order chi connectivity index (χ1) is 12.6. The maximum absolute atomic E-state index is 12.6. The molecule has 7 nitrogen and oxygen atoms in total. The van der Waals surface area contributed by atoms with Crippen LogP contribution in [-0.2, 0) is 0 Å². The van der Waals surface area contributed by atoms with E-state index in [0.29, 0.717) is 11.2 Å². The number of aromatic nitrogens is 2. The van der Waals surface area contributed by atoms with E-state index in [2.05, 4.69) is 10.3 Å². The van der Waals surface area contributed by atoms with Gasteiger partial charge in [0.05, 0.1) is 10.5 Å². The molecule has 128 valence electrons. The number of carbonyl (C=O) groups excluding carboxylic acids is 1. The van der Waals surface area contributed by atoms with Crippen molar-refractivity contribution in [2.75, 3.05) is 5.32 Å². The molecule has 0 aliphatic heterocycles. The number of anilines is 1. The summed E-state index contributed by atoms with van der Waals surface area (Å²) in [7, 11) is 0. The van der Waals surface area contributed by atoms with E-state index in [0.717, 1.165) is 10.4 Å². The van der Waals surface area contributed by atoms with Gasteiger partial charge in [-0.25, -0.2) is 4.98 Å². The van der Waals surface area contributed by atoms with Gasteiger partial charge in [-0.3, -0.25) is 14.9 Å². The molecule has 0 aliphatic rings. The molecule has 1 N–H and O–H groups in total. The van der Waals surface area contributed by atoms with Gasteiger partial charge in [0.2, 0.25) is 0 Å². The molecule has 0 aliphatic carbocycles. The van der Waals surface area contributed by atoms with Gasteiger partial charge in [-0.05, 0) is 41.3 Å². The Morgan fingerprint density at radius 3 is 2.88 bits per heavy atom. The van der Waals surface area contributed by atoms with Crippen LogP contribution in [0.5, 0.6) is 0 Å². The summed E-state index contributed by atoms with van der Waals surface area (Å²) in [6, 6.07) is 11.9. The van der Waals surface area contributed by atoms with Crippen LogP contribution in [0.4, 0.5) is 11.4 Å². The number of nitrogens with zero attached hydrogens (tertiary/aromatic N) is 3. The summed E-state index contributed by atoms with van der Waals surface area (Å²) in [5.41, 5.74) is 1.92. The number of nitro benzene ring substituents is 1. The van der Waals surface area contributed by atoms with Crippen LogP contribution in [-0.4, -0.2) is 20.2 Å². The lowest BCUT2D eigenvalue weighted by Gasteiger charge is -2.08. The SMILES string of the molecule is O=C(Nc1cc(-c2cccs2)ccc1[N+](=O)[O-])c1ccc2nccn2c1. The second kappa shape index (κ2) is 6.41. The van der Waals surface area contributed by atoms with Crippen molar-refractivity contribution in [3.05, 3.63) is 82.1 Å². The smallest absolute Gasteiger partial charge is 0.292 e. The van der Waals surface area contributed by atoms with Crippen LogP contribution < -0.4 is 5.32 Å². The Balaban J connectivity index is 1.70. The Labute approximate surface area is 151 Å². The van der Waals surface area contributed by atoms with Crippen LogP contribution in [0.2, 0.25) is 0 Å². The highest BCUT2D eigenvalue weighted by Gasteiger charge is 2.18. The highest BCUT2D eigenvalue weighted by atomic mass is 32.1. The number of pyridine rings is 1. The molecular weight excluding hydrogens is 352 g/mol. The number of carbonyl (C=O) groups is 1. The number of amides is 1. The Morgan fingerprint density at radius 1 is 1.23 bits per heavy atom. The molecule has 3 heterocycles. The fourth-order valence-corrected chi connectivity index (χ4v) is 3.36. The maximum Gasteiger partial charge on any atom is 0.292 e. The minimum Gasteiger partial charge on any atom is -0.316 e. The molecule has 4 aromatic rings. The van der Waals surface area contributed by atoms with Crippen molar-refractivity contribution in [3.63, 3.8) is 0 Å². The molecule has 3 aromatic heterocycles. The first-order valence-electron chi connectivity index (χ1n) is 7.68. The lowest BCUT2D eigenvalue weighted by atomic mass is 10.1. The van der Waals surface area contributed by atoms with Crippen molar-refractivity contribution in [2.24, 2.45) is 0 Å². The zero-order valence-corrected chi connectivity index (χ0v) is 14.1. The fourth-order valence-electron chi connectivity index (χ4n) is 2.64. The molecule has 0 saturated carbocycles. The first-order valence-corrected chi connectivity index (χ1v) is 8.56. The second-order valence-corrected chi connectivity index (χ2v) is 6.48. The summed E-state index contributed by atoms with van der Waals surface area (Å²) < 4.78 is 1.71. The van der Waals surface area contributed by atoms with Crippen molar-refractivity contribution in [1.82, 2.24) is 9.38 Å². The van der Waals surface area contributed by atoms with Crippen LogP contribution in [0.3, 0.4) is 0 Å². The number of nitrogens with one attached hydrogen (secondary N) is 1. The van der Waals surface area contributed by atoms with E-state index in [-0.39, 0.29) is 11.4 Å². The molecule has 0 fully saturated rings. The van der Waals surface area contributed by atoms with Crippen molar-refractivity contribution in [1.29, 1.82) is 0 Å². The minimum absolute atomic E-state index is 0.151. The monoisotopic (exact) mass is 364 g/mol. The molecule has 0 bridgehead atoms. The van der Waals surface area contributed by atoms with E-state index in [1.165, 1.54) is 17.4 Å². The van der Waals surface area contributed by atoms with E-state index in [1.54, 1.807) is 47.3 Å². The minimum atomic E-state index is -0.507. The second-order valence-electron chi connectivity index (χ2n) is 5.53. The number of benzene rings is 1. The molecule has 0 atom stereocenters. The Bertz CT molecular complexity index is 1120. The first kappa shape index (κ1) is 16.0. The summed E-state index contributed by atoms with van der Waals surface area (Å²) in [6.07, 6.45) is 4.99. The summed E-state index contributed by atoms with van der Waals surface area (Å²) in [6.45, 7) is 0. The van der Waals surface area contributed by atoms with Crippen molar-refractivity contribution < 1.29 is 9.72 Å². The van der Waals surface area contributed by atoms with Gasteiger partial charge in [0.1, 0.15) is 11.3 Å². The zero-order chi connectivity index (χ0) is 18.1. The average Bonchev–Trinajstić information content (AvgIpc) is 3.32. The van der Waals surface area contributed by atoms with E-state index >= 15 is 0 Å². The number of imidazole rings is 1. The van der Waals surface area contributed by atoms with Crippen LogP contribution >= 0.6 is 11.3 Å².